The molecule has 0 unspecified atom stereocenters. The standard InChI is InChI=1S/C9H20O3Si/c1-3-9-13-12-8-7-11-6-5-10-4-2/h3-9H2,1-2H3. The second-order valence-electron chi connectivity index (χ2n) is 2.55. The second-order valence-corrected chi connectivity index (χ2v) is 3.63. The molecule has 0 N–H and O–H groups in total. The van der Waals surface area contributed by atoms with E-state index in [0.29, 0.717) is 36.2 Å². The Balaban J connectivity index is 2.76. The van der Waals surface area contributed by atoms with Gasteiger partial charge in [0.05, 0.1) is 26.4 Å². The molecule has 78 valence electrons. The molecule has 0 aromatic heterocycles. The lowest BCUT2D eigenvalue weighted by atomic mass is 10.6. The average Bonchev–Trinajstić information content (AvgIpc) is 2.16. The van der Waals surface area contributed by atoms with Crippen LogP contribution in [0.4, 0.5) is 0 Å². The first-order valence-corrected chi connectivity index (χ1v) is 6.03. The highest BCUT2D eigenvalue weighted by molar-refractivity contribution is 6.26. The molecule has 2 radical (unpaired) electrons. The van der Waals surface area contributed by atoms with Crippen LogP contribution < -0.4 is 0 Å². The predicted octanol–water partition coefficient (Wildman–Crippen LogP) is 1.50. The van der Waals surface area contributed by atoms with Gasteiger partial charge in [0.25, 0.3) is 0 Å². The van der Waals surface area contributed by atoms with Crippen LogP contribution in [-0.2, 0) is 13.9 Å². The Morgan fingerprint density at radius 1 is 0.923 bits per heavy atom. The molecule has 0 aliphatic carbocycles. The molecule has 13 heavy (non-hydrogen) atoms. The number of hydrogen-bond donors (Lipinski definition) is 0. The van der Waals surface area contributed by atoms with E-state index in [1.165, 1.54) is 12.5 Å². The molecule has 0 aliphatic rings. The van der Waals surface area contributed by atoms with Crippen molar-refractivity contribution in [3.05, 3.63) is 0 Å². The zero-order valence-corrected chi connectivity index (χ0v) is 9.67. The Labute approximate surface area is 83.7 Å². The maximum absolute atomic E-state index is 5.34. The Kier molecular flexibility index (Phi) is 12.2. The van der Waals surface area contributed by atoms with E-state index in [0.717, 1.165) is 6.61 Å². The monoisotopic (exact) mass is 204 g/mol. The van der Waals surface area contributed by atoms with Crippen LogP contribution in [0, 0.1) is 0 Å². The van der Waals surface area contributed by atoms with E-state index < -0.39 is 0 Å². The molecule has 3 nitrogen and oxygen atoms in total. The Morgan fingerprint density at radius 3 is 2.31 bits per heavy atom. The van der Waals surface area contributed by atoms with E-state index in [9.17, 15) is 0 Å². The summed E-state index contributed by atoms with van der Waals surface area (Å²) in [7, 11) is 0.633. The molecule has 4 heteroatoms. The van der Waals surface area contributed by atoms with Crippen molar-refractivity contribution in [3.63, 3.8) is 0 Å². The smallest absolute Gasteiger partial charge is 0.229 e. The summed E-state index contributed by atoms with van der Waals surface area (Å²) in [4.78, 5) is 0. The normalized spacial score (nSPS) is 10.6. The van der Waals surface area contributed by atoms with Gasteiger partial charge in [-0.1, -0.05) is 13.3 Å². The van der Waals surface area contributed by atoms with Gasteiger partial charge in [-0.2, -0.15) is 0 Å². The lowest BCUT2D eigenvalue weighted by molar-refractivity contribution is 0.0409. The fourth-order valence-corrected chi connectivity index (χ4v) is 1.29. The van der Waals surface area contributed by atoms with Crippen LogP contribution >= 0.6 is 0 Å². The zero-order chi connectivity index (χ0) is 9.78. The van der Waals surface area contributed by atoms with Gasteiger partial charge in [-0.3, -0.25) is 0 Å². The maximum Gasteiger partial charge on any atom is 0.229 e. The Hall–Kier alpha value is 0.0969. The van der Waals surface area contributed by atoms with Gasteiger partial charge in [0.2, 0.25) is 9.76 Å². The third kappa shape index (κ3) is 12.1. The molecule has 0 rings (SSSR count). The Bertz CT molecular complexity index is 80.9. The number of hydrogen-bond acceptors (Lipinski definition) is 3. The van der Waals surface area contributed by atoms with E-state index in [-0.39, 0.29) is 0 Å². The van der Waals surface area contributed by atoms with Crippen molar-refractivity contribution in [3.8, 4) is 0 Å². The molecule has 0 bridgehead atoms. The summed E-state index contributed by atoms with van der Waals surface area (Å²) in [6.45, 7) is 7.66. The van der Waals surface area contributed by atoms with Crippen LogP contribution in [0.2, 0.25) is 6.04 Å². The average molecular weight is 204 g/mol. The highest BCUT2D eigenvalue weighted by Crippen LogP contribution is 1.86. The van der Waals surface area contributed by atoms with Crippen LogP contribution in [0.5, 0.6) is 0 Å². The molecule has 0 aromatic rings. The van der Waals surface area contributed by atoms with Crippen LogP contribution in [0.25, 0.3) is 0 Å². The first-order valence-electron chi connectivity index (χ1n) is 4.92. The predicted molar refractivity (Wildman–Crippen MR) is 54.1 cm³/mol. The summed E-state index contributed by atoms with van der Waals surface area (Å²) in [5.74, 6) is 0. The molecule has 0 fully saturated rings. The first kappa shape index (κ1) is 13.1. The third-order valence-corrected chi connectivity index (χ3v) is 2.47. The van der Waals surface area contributed by atoms with Crippen molar-refractivity contribution in [2.75, 3.05) is 33.0 Å². The second kappa shape index (κ2) is 12.1. The third-order valence-electron chi connectivity index (χ3n) is 1.36. The molecular formula is C9H20O3Si. The van der Waals surface area contributed by atoms with Gasteiger partial charge >= 0.3 is 0 Å². The summed E-state index contributed by atoms with van der Waals surface area (Å²) >= 11 is 0. The largest absolute Gasteiger partial charge is 0.415 e. The van der Waals surface area contributed by atoms with Gasteiger partial charge in [0.15, 0.2) is 0 Å². The molecule has 0 spiro atoms. The molecule has 0 amide bonds. The molecular weight excluding hydrogens is 184 g/mol. The fourth-order valence-electron chi connectivity index (χ4n) is 0.711. The summed E-state index contributed by atoms with van der Waals surface area (Å²) < 4.78 is 15.7. The number of rotatable bonds is 10. The lowest BCUT2D eigenvalue weighted by Gasteiger charge is -2.04. The molecule has 0 saturated heterocycles. The molecule has 0 heterocycles. The molecule has 0 saturated carbocycles. The minimum Gasteiger partial charge on any atom is -0.415 e. The van der Waals surface area contributed by atoms with Crippen molar-refractivity contribution in [1.29, 1.82) is 0 Å². The zero-order valence-electron chi connectivity index (χ0n) is 8.67. The van der Waals surface area contributed by atoms with E-state index >= 15 is 0 Å². The van der Waals surface area contributed by atoms with Gasteiger partial charge in [0, 0.05) is 6.61 Å². The van der Waals surface area contributed by atoms with Crippen molar-refractivity contribution < 1.29 is 13.9 Å². The first-order chi connectivity index (χ1) is 6.41. The summed E-state index contributed by atoms with van der Waals surface area (Å²) in [6, 6.07) is 1.17. The van der Waals surface area contributed by atoms with Crippen molar-refractivity contribution in [2.24, 2.45) is 0 Å². The molecule has 0 aliphatic heterocycles. The maximum atomic E-state index is 5.34. The quantitative estimate of drug-likeness (QED) is 0.399. The minimum absolute atomic E-state index is 0.633. The Morgan fingerprint density at radius 2 is 1.62 bits per heavy atom. The van der Waals surface area contributed by atoms with Crippen LogP contribution in [0.3, 0.4) is 0 Å². The lowest BCUT2D eigenvalue weighted by Crippen LogP contribution is -2.10. The fraction of sp³-hybridized carbons (Fsp3) is 1.00. The summed E-state index contributed by atoms with van der Waals surface area (Å²) in [5, 5.41) is 0. The summed E-state index contributed by atoms with van der Waals surface area (Å²) in [6.07, 6.45) is 1.20. The van der Waals surface area contributed by atoms with Gasteiger partial charge in [-0.15, -0.1) is 0 Å². The van der Waals surface area contributed by atoms with E-state index in [4.69, 9.17) is 13.9 Å². The number of ether oxygens (including phenoxy) is 2. The highest BCUT2D eigenvalue weighted by atomic mass is 28.2. The summed E-state index contributed by atoms with van der Waals surface area (Å²) in [5.41, 5.74) is 0. The van der Waals surface area contributed by atoms with Gasteiger partial charge in [-0.25, -0.2) is 0 Å². The van der Waals surface area contributed by atoms with Gasteiger partial charge < -0.3 is 13.9 Å². The van der Waals surface area contributed by atoms with E-state index in [1.54, 1.807) is 0 Å². The van der Waals surface area contributed by atoms with Crippen LogP contribution in [0.15, 0.2) is 0 Å². The van der Waals surface area contributed by atoms with Crippen molar-refractivity contribution >= 4 is 9.76 Å². The molecule has 0 aromatic carbocycles. The van der Waals surface area contributed by atoms with E-state index in [2.05, 4.69) is 6.92 Å². The topological polar surface area (TPSA) is 27.7 Å². The van der Waals surface area contributed by atoms with Crippen molar-refractivity contribution in [2.45, 2.75) is 26.3 Å². The van der Waals surface area contributed by atoms with Crippen molar-refractivity contribution in [1.82, 2.24) is 0 Å². The molecule has 0 atom stereocenters. The van der Waals surface area contributed by atoms with Crippen LogP contribution in [-0.4, -0.2) is 42.8 Å². The van der Waals surface area contributed by atoms with Gasteiger partial charge in [-0.05, 0) is 13.0 Å². The van der Waals surface area contributed by atoms with Gasteiger partial charge in [0.1, 0.15) is 0 Å². The highest BCUT2D eigenvalue weighted by Gasteiger charge is 1.91. The SMILES string of the molecule is CCC[Si]OCCOCCOCC. The van der Waals surface area contributed by atoms with Crippen LogP contribution in [0.1, 0.15) is 20.3 Å². The van der Waals surface area contributed by atoms with E-state index in [1.807, 2.05) is 6.92 Å². The minimum atomic E-state index is 0.633.